The fourth-order valence-corrected chi connectivity index (χ4v) is 4.13. The van der Waals surface area contributed by atoms with Gasteiger partial charge >= 0.3 is 0 Å². The fraction of sp³-hybridized carbons (Fsp3) is 0.684. The first-order valence-corrected chi connectivity index (χ1v) is 8.58. The van der Waals surface area contributed by atoms with Crippen LogP contribution in [0.3, 0.4) is 0 Å². The minimum absolute atomic E-state index is 0.396. The van der Waals surface area contributed by atoms with Gasteiger partial charge in [-0.25, -0.2) is 0 Å². The quantitative estimate of drug-likeness (QED) is 0.883. The molecule has 1 unspecified atom stereocenters. The van der Waals surface area contributed by atoms with Crippen LogP contribution in [0.1, 0.15) is 60.9 Å². The summed E-state index contributed by atoms with van der Waals surface area (Å²) in [5.74, 6) is 0.935. The lowest BCUT2D eigenvalue weighted by atomic mass is 9.88. The fourth-order valence-electron chi connectivity index (χ4n) is 4.13. The zero-order valence-corrected chi connectivity index (χ0v) is 14.3. The highest BCUT2D eigenvalue weighted by Crippen LogP contribution is 2.32. The zero-order chi connectivity index (χ0) is 15.4. The minimum Gasteiger partial charge on any atom is -0.329 e. The van der Waals surface area contributed by atoms with E-state index in [1.54, 1.807) is 0 Å². The molecule has 0 amide bonds. The lowest BCUT2D eigenvalue weighted by Crippen LogP contribution is -2.40. The lowest BCUT2D eigenvalue weighted by molar-refractivity contribution is 0.131. The number of piperidine rings is 1. The maximum absolute atomic E-state index is 6.16. The molecule has 0 radical (unpaired) electrons. The van der Waals surface area contributed by atoms with Crippen molar-refractivity contribution in [2.24, 2.45) is 11.7 Å². The summed E-state index contributed by atoms with van der Waals surface area (Å²) in [6.45, 7) is 12.1. The Bertz CT molecular complexity index is 436. The average molecular weight is 288 g/mol. The Labute approximate surface area is 130 Å². The van der Waals surface area contributed by atoms with Gasteiger partial charge < -0.3 is 5.73 Å². The number of nitrogens with two attached hydrogens (primary N) is 1. The molecule has 2 rings (SSSR count). The van der Waals surface area contributed by atoms with Crippen LogP contribution in [0.4, 0.5) is 0 Å². The van der Waals surface area contributed by atoms with Crippen LogP contribution >= 0.6 is 0 Å². The summed E-state index contributed by atoms with van der Waals surface area (Å²) in [4.78, 5) is 2.62. The van der Waals surface area contributed by atoms with Crippen molar-refractivity contribution in [3.8, 4) is 0 Å². The maximum atomic E-state index is 6.16. The van der Waals surface area contributed by atoms with E-state index in [0.717, 1.165) is 12.5 Å². The van der Waals surface area contributed by atoms with Crippen molar-refractivity contribution in [3.05, 3.63) is 34.4 Å². The molecule has 1 fully saturated rings. The smallest absolute Gasteiger partial charge is 0.0475 e. The third-order valence-electron chi connectivity index (χ3n) is 5.08. The van der Waals surface area contributed by atoms with Crippen LogP contribution in [-0.4, -0.2) is 24.5 Å². The van der Waals surface area contributed by atoms with Gasteiger partial charge in [0.2, 0.25) is 0 Å². The van der Waals surface area contributed by atoms with Crippen LogP contribution in [0.2, 0.25) is 0 Å². The SMILES string of the molecule is CCCC1CCN(C(CN)c2c(C)cc(C)cc2C)CC1. The van der Waals surface area contributed by atoms with Crippen molar-refractivity contribution < 1.29 is 0 Å². The molecule has 0 aliphatic carbocycles. The van der Waals surface area contributed by atoms with E-state index in [2.05, 4.69) is 44.7 Å². The Kier molecular flexibility index (Phi) is 5.83. The molecule has 0 spiro atoms. The van der Waals surface area contributed by atoms with Crippen molar-refractivity contribution >= 4 is 0 Å². The third kappa shape index (κ3) is 3.87. The highest BCUT2D eigenvalue weighted by molar-refractivity contribution is 5.40. The molecule has 118 valence electrons. The molecule has 0 saturated carbocycles. The normalized spacial score (nSPS) is 18.9. The van der Waals surface area contributed by atoms with Crippen molar-refractivity contribution in [2.75, 3.05) is 19.6 Å². The number of nitrogens with zero attached hydrogens (tertiary/aromatic N) is 1. The predicted molar refractivity (Wildman–Crippen MR) is 91.7 cm³/mol. The lowest BCUT2D eigenvalue weighted by Gasteiger charge is -2.38. The molecule has 2 N–H and O–H groups in total. The van der Waals surface area contributed by atoms with E-state index in [1.165, 1.54) is 61.0 Å². The molecule has 1 aliphatic heterocycles. The molecule has 1 saturated heterocycles. The second-order valence-electron chi connectivity index (χ2n) is 6.83. The Morgan fingerprint density at radius 2 is 1.71 bits per heavy atom. The number of hydrogen-bond donors (Lipinski definition) is 1. The summed E-state index contributed by atoms with van der Waals surface area (Å²) in [7, 11) is 0. The van der Waals surface area contributed by atoms with Gasteiger partial charge in [-0.3, -0.25) is 4.90 Å². The van der Waals surface area contributed by atoms with Gasteiger partial charge in [0, 0.05) is 12.6 Å². The van der Waals surface area contributed by atoms with E-state index in [4.69, 9.17) is 5.73 Å². The largest absolute Gasteiger partial charge is 0.329 e. The van der Waals surface area contributed by atoms with E-state index >= 15 is 0 Å². The second-order valence-corrected chi connectivity index (χ2v) is 6.83. The highest BCUT2D eigenvalue weighted by atomic mass is 15.2. The maximum Gasteiger partial charge on any atom is 0.0475 e. The first-order valence-electron chi connectivity index (χ1n) is 8.58. The van der Waals surface area contributed by atoms with E-state index in [-0.39, 0.29) is 0 Å². The monoisotopic (exact) mass is 288 g/mol. The Balaban J connectivity index is 2.14. The molecule has 2 nitrogen and oxygen atoms in total. The molecule has 1 heterocycles. The first-order chi connectivity index (χ1) is 10.1. The standard InChI is InChI=1S/C19H32N2/c1-5-6-17-7-9-21(10-8-17)18(13-20)19-15(3)11-14(2)12-16(19)4/h11-12,17-18H,5-10,13,20H2,1-4H3. The van der Waals surface area contributed by atoms with Crippen molar-refractivity contribution in [3.63, 3.8) is 0 Å². The summed E-state index contributed by atoms with van der Waals surface area (Å²) in [5, 5.41) is 0. The van der Waals surface area contributed by atoms with Crippen LogP contribution < -0.4 is 5.73 Å². The molecule has 0 aromatic heterocycles. The van der Waals surface area contributed by atoms with Crippen LogP contribution in [0, 0.1) is 26.7 Å². The van der Waals surface area contributed by atoms with Crippen LogP contribution in [0.15, 0.2) is 12.1 Å². The van der Waals surface area contributed by atoms with Gasteiger partial charge in [-0.15, -0.1) is 0 Å². The van der Waals surface area contributed by atoms with Gasteiger partial charge in [0.15, 0.2) is 0 Å². The predicted octanol–water partition coefficient (Wildman–Crippen LogP) is 4.12. The molecule has 1 atom stereocenters. The molecule has 1 aliphatic rings. The van der Waals surface area contributed by atoms with Gasteiger partial charge in [0.05, 0.1) is 0 Å². The molecule has 0 bridgehead atoms. The van der Waals surface area contributed by atoms with Gasteiger partial charge in [0.1, 0.15) is 0 Å². The molecule has 1 aromatic carbocycles. The number of benzene rings is 1. The van der Waals surface area contributed by atoms with Crippen molar-refractivity contribution in [1.82, 2.24) is 4.90 Å². The van der Waals surface area contributed by atoms with E-state index in [9.17, 15) is 0 Å². The van der Waals surface area contributed by atoms with E-state index in [1.807, 2.05) is 0 Å². The summed E-state index contributed by atoms with van der Waals surface area (Å²) in [6, 6.07) is 5.00. The van der Waals surface area contributed by atoms with Crippen LogP contribution in [-0.2, 0) is 0 Å². The summed E-state index contributed by atoms with van der Waals surface area (Å²) < 4.78 is 0. The van der Waals surface area contributed by atoms with Crippen molar-refractivity contribution in [1.29, 1.82) is 0 Å². The summed E-state index contributed by atoms with van der Waals surface area (Å²) >= 11 is 0. The van der Waals surface area contributed by atoms with Gasteiger partial charge in [-0.05, 0) is 69.3 Å². The van der Waals surface area contributed by atoms with Crippen LogP contribution in [0.5, 0.6) is 0 Å². The minimum atomic E-state index is 0.396. The molecular weight excluding hydrogens is 256 g/mol. The topological polar surface area (TPSA) is 29.3 Å². The number of aryl methyl sites for hydroxylation is 3. The zero-order valence-electron chi connectivity index (χ0n) is 14.3. The van der Waals surface area contributed by atoms with Gasteiger partial charge in [-0.2, -0.15) is 0 Å². The van der Waals surface area contributed by atoms with E-state index in [0.29, 0.717) is 6.04 Å². The average Bonchev–Trinajstić information content (AvgIpc) is 2.44. The second kappa shape index (κ2) is 7.42. The first kappa shape index (κ1) is 16.5. The van der Waals surface area contributed by atoms with E-state index < -0.39 is 0 Å². The van der Waals surface area contributed by atoms with Crippen LogP contribution in [0.25, 0.3) is 0 Å². The summed E-state index contributed by atoms with van der Waals surface area (Å²) in [6.07, 6.45) is 5.40. The van der Waals surface area contributed by atoms with Gasteiger partial charge in [0.25, 0.3) is 0 Å². The summed E-state index contributed by atoms with van der Waals surface area (Å²) in [5.41, 5.74) is 11.8. The number of likely N-dealkylation sites (tertiary alicyclic amines) is 1. The Morgan fingerprint density at radius 1 is 1.14 bits per heavy atom. The Morgan fingerprint density at radius 3 is 2.19 bits per heavy atom. The number of hydrogen-bond acceptors (Lipinski definition) is 2. The highest BCUT2D eigenvalue weighted by Gasteiger charge is 2.26. The van der Waals surface area contributed by atoms with Gasteiger partial charge in [-0.1, -0.05) is 37.5 Å². The third-order valence-corrected chi connectivity index (χ3v) is 5.08. The molecule has 1 aromatic rings. The molecule has 2 heteroatoms. The molecule has 21 heavy (non-hydrogen) atoms. The molecular formula is C19H32N2. The number of rotatable bonds is 5. The Hall–Kier alpha value is -0.860. The van der Waals surface area contributed by atoms with Crippen molar-refractivity contribution in [2.45, 2.75) is 59.4 Å².